The summed E-state index contributed by atoms with van der Waals surface area (Å²) in [6, 6.07) is 3.62. The molecule has 2 unspecified atom stereocenters. The quantitative estimate of drug-likeness (QED) is 0.904. The summed E-state index contributed by atoms with van der Waals surface area (Å²) >= 11 is 0. The molecular weight excluding hydrogens is 268 g/mol. The Hall–Kier alpha value is -1.62. The summed E-state index contributed by atoms with van der Waals surface area (Å²) in [5.74, 6) is -0.134. The van der Waals surface area contributed by atoms with E-state index in [0.29, 0.717) is 12.2 Å². The number of aromatic carboxylic acids is 1. The maximum Gasteiger partial charge on any atom is 0.335 e. The maximum atomic E-state index is 11.3. The minimum absolute atomic E-state index is 0.137. The molecule has 0 aliphatic carbocycles. The summed E-state index contributed by atoms with van der Waals surface area (Å²) in [5.41, 5.74) is 1.17. The van der Waals surface area contributed by atoms with Gasteiger partial charge in [0.05, 0.1) is 24.3 Å². The molecule has 5 nitrogen and oxygen atoms in total. The molecule has 1 aliphatic heterocycles. The van der Waals surface area contributed by atoms with E-state index in [2.05, 4.69) is 23.7 Å². The van der Waals surface area contributed by atoms with Crippen molar-refractivity contribution in [3.63, 3.8) is 0 Å². The monoisotopic (exact) mass is 292 g/mol. The van der Waals surface area contributed by atoms with Crippen molar-refractivity contribution < 1.29 is 14.6 Å². The fraction of sp³-hybridized carbons (Fsp3) is 0.625. The highest BCUT2D eigenvalue weighted by Crippen LogP contribution is 2.24. The van der Waals surface area contributed by atoms with Crippen LogP contribution in [0.5, 0.6) is 0 Å². The van der Waals surface area contributed by atoms with Gasteiger partial charge in [-0.3, -0.25) is 0 Å². The van der Waals surface area contributed by atoms with Crippen molar-refractivity contribution in [1.82, 2.24) is 4.98 Å². The summed E-state index contributed by atoms with van der Waals surface area (Å²) in [4.78, 5) is 18.2. The van der Waals surface area contributed by atoms with E-state index in [9.17, 15) is 9.90 Å². The number of aromatic nitrogens is 1. The molecule has 0 amide bonds. The summed E-state index contributed by atoms with van der Waals surface area (Å²) in [6.45, 7) is 7.64. The zero-order valence-corrected chi connectivity index (χ0v) is 13.0. The van der Waals surface area contributed by atoms with Crippen molar-refractivity contribution >= 4 is 11.8 Å². The van der Waals surface area contributed by atoms with E-state index in [1.165, 1.54) is 0 Å². The van der Waals surface area contributed by atoms with Crippen LogP contribution in [0.4, 0.5) is 5.82 Å². The molecule has 0 aromatic carbocycles. The average molecular weight is 292 g/mol. The van der Waals surface area contributed by atoms with Gasteiger partial charge in [0.2, 0.25) is 0 Å². The van der Waals surface area contributed by atoms with Gasteiger partial charge in [-0.2, -0.15) is 0 Å². The van der Waals surface area contributed by atoms with Gasteiger partial charge < -0.3 is 14.7 Å². The Morgan fingerprint density at radius 3 is 2.86 bits per heavy atom. The second-order valence-electron chi connectivity index (χ2n) is 5.62. The van der Waals surface area contributed by atoms with E-state index in [1.54, 1.807) is 12.1 Å². The van der Waals surface area contributed by atoms with Crippen molar-refractivity contribution in [1.29, 1.82) is 0 Å². The van der Waals surface area contributed by atoms with Crippen molar-refractivity contribution in [2.75, 3.05) is 18.1 Å². The van der Waals surface area contributed by atoms with E-state index in [4.69, 9.17) is 4.74 Å². The van der Waals surface area contributed by atoms with Crippen LogP contribution in [0.1, 0.15) is 49.7 Å². The molecule has 21 heavy (non-hydrogen) atoms. The second kappa shape index (κ2) is 6.89. The Bertz CT molecular complexity index is 504. The number of hydrogen-bond donors (Lipinski definition) is 1. The number of carboxylic acids is 1. The Balaban J connectivity index is 2.37. The van der Waals surface area contributed by atoms with Crippen LogP contribution in [0.25, 0.3) is 0 Å². The molecule has 1 fully saturated rings. The van der Waals surface area contributed by atoms with Crippen LogP contribution >= 0.6 is 0 Å². The van der Waals surface area contributed by atoms with Crippen molar-refractivity contribution in [3.8, 4) is 0 Å². The summed E-state index contributed by atoms with van der Waals surface area (Å²) in [6.07, 6.45) is 2.84. The lowest BCUT2D eigenvalue weighted by atomic mass is 10.1. The zero-order chi connectivity index (χ0) is 15.4. The number of pyridine rings is 1. The molecule has 1 N–H and O–H groups in total. The highest BCUT2D eigenvalue weighted by Gasteiger charge is 2.27. The second-order valence-corrected chi connectivity index (χ2v) is 5.62. The Labute approximate surface area is 125 Å². The highest BCUT2D eigenvalue weighted by atomic mass is 16.5. The van der Waals surface area contributed by atoms with E-state index < -0.39 is 5.97 Å². The van der Waals surface area contributed by atoms with E-state index in [1.807, 2.05) is 6.92 Å². The zero-order valence-electron chi connectivity index (χ0n) is 13.0. The Morgan fingerprint density at radius 2 is 2.24 bits per heavy atom. The number of ether oxygens (including phenoxy) is 1. The number of hydrogen-bond acceptors (Lipinski definition) is 4. The largest absolute Gasteiger partial charge is 0.478 e. The number of morpholine rings is 1. The molecule has 0 spiro atoms. The molecule has 0 saturated carbocycles. The van der Waals surface area contributed by atoms with E-state index in [0.717, 1.165) is 37.3 Å². The predicted octanol–water partition coefficient (Wildman–Crippen LogP) is 2.74. The van der Waals surface area contributed by atoms with E-state index >= 15 is 0 Å². The standard InChI is InChI=1S/C16H24N2O3/c1-4-6-13-7-12(16(19)20)8-15(17-13)18-9-11(3)21-10-14(18)5-2/h7-8,11,14H,4-6,9-10H2,1-3H3,(H,19,20). The Kier molecular flexibility index (Phi) is 5.17. The summed E-state index contributed by atoms with van der Waals surface area (Å²) in [7, 11) is 0. The molecule has 0 bridgehead atoms. The van der Waals surface area contributed by atoms with Crippen LogP contribution in [0, 0.1) is 0 Å². The lowest BCUT2D eigenvalue weighted by molar-refractivity contribution is 0.0296. The third-order valence-corrected chi connectivity index (χ3v) is 3.85. The van der Waals surface area contributed by atoms with E-state index in [-0.39, 0.29) is 12.1 Å². The van der Waals surface area contributed by atoms with Gasteiger partial charge in [0.1, 0.15) is 5.82 Å². The van der Waals surface area contributed by atoms with Crippen LogP contribution in [0.3, 0.4) is 0 Å². The van der Waals surface area contributed by atoms with Gasteiger partial charge in [-0.05, 0) is 31.9 Å². The molecule has 2 heterocycles. The summed E-state index contributed by atoms with van der Waals surface area (Å²) < 4.78 is 5.70. The van der Waals surface area contributed by atoms with Crippen molar-refractivity contribution in [2.24, 2.45) is 0 Å². The Morgan fingerprint density at radius 1 is 1.48 bits per heavy atom. The van der Waals surface area contributed by atoms with Gasteiger partial charge in [-0.1, -0.05) is 20.3 Å². The predicted molar refractivity (Wildman–Crippen MR) is 82.0 cm³/mol. The molecular formula is C16H24N2O3. The number of anilines is 1. The fourth-order valence-corrected chi connectivity index (χ4v) is 2.69. The van der Waals surface area contributed by atoms with Crippen LogP contribution in [0.15, 0.2) is 12.1 Å². The molecule has 0 radical (unpaired) electrons. The van der Waals surface area contributed by atoms with Crippen molar-refractivity contribution in [2.45, 2.75) is 52.2 Å². The van der Waals surface area contributed by atoms with Gasteiger partial charge in [0, 0.05) is 12.2 Å². The third kappa shape index (κ3) is 3.73. The number of rotatable bonds is 5. The molecule has 1 aromatic rings. The lowest BCUT2D eigenvalue weighted by Crippen LogP contribution is -2.49. The first-order valence-corrected chi connectivity index (χ1v) is 7.67. The normalized spacial score (nSPS) is 22.3. The fourth-order valence-electron chi connectivity index (χ4n) is 2.69. The number of nitrogens with zero attached hydrogens (tertiary/aromatic N) is 2. The molecule has 1 saturated heterocycles. The molecule has 116 valence electrons. The third-order valence-electron chi connectivity index (χ3n) is 3.85. The van der Waals surface area contributed by atoms with Crippen molar-refractivity contribution in [3.05, 3.63) is 23.4 Å². The van der Waals surface area contributed by atoms with Gasteiger partial charge in [0.15, 0.2) is 0 Å². The molecule has 5 heteroatoms. The number of carbonyl (C=O) groups is 1. The highest BCUT2D eigenvalue weighted by molar-refractivity contribution is 5.88. The first kappa shape index (κ1) is 15.8. The first-order chi connectivity index (χ1) is 10.0. The minimum atomic E-state index is -0.898. The summed E-state index contributed by atoms with van der Waals surface area (Å²) in [5, 5.41) is 9.30. The minimum Gasteiger partial charge on any atom is -0.478 e. The maximum absolute atomic E-state index is 11.3. The van der Waals surface area contributed by atoms with Crippen LogP contribution in [-0.2, 0) is 11.2 Å². The van der Waals surface area contributed by atoms with Gasteiger partial charge in [-0.15, -0.1) is 0 Å². The average Bonchev–Trinajstić information content (AvgIpc) is 2.47. The lowest BCUT2D eigenvalue weighted by Gasteiger charge is -2.39. The first-order valence-electron chi connectivity index (χ1n) is 7.67. The van der Waals surface area contributed by atoms with Gasteiger partial charge in [0.25, 0.3) is 0 Å². The van der Waals surface area contributed by atoms with Crippen LogP contribution in [0.2, 0.25) is 0 Å². The number of aryl methyl sites for hydroxylation is 1. The number of carboxylic acid groups (broad SMARTS) is 1. The molecule has 1 aromatic heterocycles. The van der Waals surface area contributed by atoms with Crippen LogP contribution < -0.4 is 4.90 Å². The van der Waals surface area contributed by atoms with Gasteiger partial charge >= 0.3 is 5.97 Å². The molecule has 2 atom stereocenters. The molecule has 1 aliphatic rings. The van der Waals surface area contributed by atoms with Gasteiger partial charge in [-0.25, -0.2) is 9.78 Å². The SMILES string of the molecule is CCCc1cc(C(=O)O)cc(N2CC(C)OCC2CC)n1. The molecule has 2 rings (SSSR count). The van der Waals surface area contributed by atoms with Crippen LogP contribution in [-0.4, -0.2) is 41.4 Å². The topological polar surface area (TPSA) is 62.7 Å². The smallest absolute Gasteiger partial charge is 0.335 e.